The average molecular weight is 389 g/mol. The summed E-state index contributed by atoms with van der Waals surface area (Å²) in [4.78, 5) is 15.1. The molecule has 3 rings (SSSR count). The van der Waals surface area contributed by atoms with Crippen molar-refractivity contribution in [3.8, 4) is 11.5 Å². The Kier molecular flexibility index (Phi) is 6.58. The standard InChI is InChI=1S/C21H25ClN2O3/c1-26-17-7-5-6-15(12-17)19(24-10-3-4-11-24)14-23-21(25)18-9-8-16(22)13-20(18)27-2/h5-9,12-13,19H,3-4,10-11,14H2,1-2H3,(H,23,25). The highest BCUT2D eigenvalue weighted by Gasteiger charge is 2.25. The van der Waals surface area contributed by atoms with Gasteiger partial charge in [0.05, 0.1) is 25.8 Å². The van der Waals surface area contributed by atoms with Crippen molar-refractivity contribution in [3.63, 3.8) is 0 Å². The van der Waals surface area contributed by atoms with Gasteiger partial charge in [0.15, 0.2) is 0 Å². The van der Waals surface area contributed by atoms with Crippen molar-refractivity contribution in [2.45, 2.75) is 18.9 Å². The lowest BCUT2D eigenvalue weighted by atomic mass is 10.0. The van der Waals surface area contributed by atoms with Crippen molar-refractivity contribution in [3.05, 3.63) is 58.6 Å². The summed E-state index contributed by atoms with van der Waals surface area (Å²) in [5.41, 5.74) is 1.62. The number of nitrogens with zero attached hydrogens (tertiary/aromatic N) is 1. The van der Waals surface area contributed by atoms with Gasteiger partial charge in [0.1, 0.15) is 11.5 Å². The Morgan fingerprint density at radius 1 is 1.15 bits per heavy atom. The minimum Gasteiger partial charge on any atom is -0.497 e. The van der Waals surface area contributed by atoms with Crippen LogP contribution in [0.3, 0.4) is 0 Å². The molecule has 0 bridgehead atoms. The van der Waals surface area contributed by atoms with Gasteiger partial charge < -0.3 is 14.8 Å². The van der Waals surface area contributed by atoms with Gasteiger partial charge in [0, 0.05) is 11.6 Å². The van der Waals surface area contributed by atoms with E-state index in [0.717, 1.165) is 24.4 Å². The Bertz CT molecular complexity index is 791. The van der Waals surface area contributed by atoms with Crippen LogP contribution in [0.2, 0.25) is 5.02 Å². The van der Waals surface area contributed by atoms with Crippen LogP contribution in [-0.4, -0.2) is 44.7 Å². The molecule has 5 nitrogen and oxygen atoms in total. The van der Waals surface area contributed by atoms with Gasteiger partial charge in [-0.1, -0.05) is 23.7 Å². The van der Waals surface area contributed by atoms with Crippen LogP contribution < -0.4 is 14.8 Å². The maximum Gasteiger partial charge on any atom is 0.255 e. The van der Waals surface area contributed by atoms with Gasteiger partial charge in [-0.05, 0) is 61.8 Å². The molecule has 1 atom stereocenters. The fourth-order valence-electron chi connectivity index (χ4n) is 3.50. The van der Waals surface area contributed by atoms with E-state index in [1.807, 2.05) is 18.2 Å². The molecule has 1 fully saturated rings. The third kappa shape index (κ3) is 4.73. The van der Waals surface area contributed by atoms with Gasteiger partial charge in [-0.25, -0.2) is 0 Å². The molecule has 1 heterocycles. The predicted molar refractivity (Wildman–Crippen MR) is 107 cm³/mol. The second-order valence-corrected chi connectivity index (χ2v) is 7.03. The number of carbonyl (C=O) groups is 1. The molecule has 0 aliphatic carbocycles. The molecule has 0 aromatic heterocycles. The van der Waals surface area contributed by atoms with Gasteiger partial charge in [-0.3, -0.25) is 9.69 Å². The van der Waals surface area contributed by atoms with E-state index >= 15 is 0 Å². The highest BCUT2D eigenvalue weighted by molar-refractivity contribution is 6.30. The number of nitrogens with one attached hydrogen (secondary N) is 1. The quantitative estimate of drug-likeness (QED) is 0.780. The third-order valence-corrected chi connectivity index (χ3v) is 5.16. The number of likely N-dealkylation sites (tertiary alicyclic amines) is 1. The smallest absolute Gasteiger partial charge is 0.255 e. The SMILES string of the molecule is COc1cccc(C(CNC(=O)c2ccc(Cl)cc2OC)N2CCCC2)c1. The Morgan fingerprint density at radius 2 is 1.93 bits per heavy atom. The molecule has 2 aromatic carbocycles. The van der Waals surface area contributed by atoms with Gasteiger partial charge in [0.2, 0.25) is 0 Å². The van der Waals surface area contributed by atoms with E-state index in [9.17, 15) is 4.79 Å². The fraction of sp³-hybridized carbons (Fsp3) is 0.381. The molecule has 1 aliphatic heterocycles. The van der Waals surface area contributed by atoms with Gasteiger partial charge in [0.25, 0.3) is 5.91 Å². The summed E-state index contributed by atoms with van der Waals surface area (Å²) >= 11 is 5.99. The number of carbonyl (C=O) groups excluding carboxylic acids is 1. The molecule has 1 saturated heterocycles. The molecule has 6 heteroatoms. The van der Waals surface area contributed by atoms with Crippen molar-refractivity contribution < 1.29 is 14.3 Å². The molecule has 1 aliphatic rings. The number of halogens is 1. The third-order valence-electron chi connectivity index (χ3n) is 4.92. The van der Waals surface area contributed by atoms with Crippen LogP contribution in [0.4, 0.5) is 0 Å². The van der Waals surface area contributed by atoms with Crippen LogP contribution >= 0.6 is 11.6 Å². The van der Waals surface area contributed by atoms with Crippen molar-refractivity contribution >= 4 is 17.5 Å². The van der Waals surface area contributed by atoms with E-state index in [4.69, 9.17) is 21.1 Å². The maximum absolute atomic E-state index is 12.7. The van der Waals surface area contributed by atoms with Crippen LogP contribution in [0, 0.1) is 0 Å². The molecular weight excluding hydrogens is 364 g/mol. The number of ether oxygens (including phenoxy) is 2. The summed E-state index contributed by atoms with van der Waals surface area (Å²) in [6.45, 7) is 2.57. The van der Waals surface area contributed by atoms with E-state index in [-0.39, 0.29) is 11.9 Å². The zero-order valence-corrected chi connectivity index (χ0v) is 16.5. The average Bonchev–Trinajstić information content (AvgIpc) is 3.22. The number of amides is 1. The summed E-state index contributed by atoms with van der Waals surface area (Å²) in [5, 5.41) is 3.60. The van der Waals surface area contributed by atoms with Crippen LogP contribution in [0.25, 0.3) is 0 Å². The first-order chi connectivity index (χ1) is 13.1. The molecular formula is C21H25ClN2O3. The fourth-order valence-corrected chi connectivity index (χ4v) is 3.66. The summed E-state index contributed by atoms with van der Waals surface area (Å²) < 4.78 is 10.7. The molecule has 2 aromatic rings. The zero-order valence-electron chi connectivity index (χ0n) is 15.7. The Balaban J connectivity index is 1.77. The van der Waals surface area contributed by atoms with Gasteiger partial charge in [-0.2, -0.15) is 0 Å². The largest absolute Gasteiger partial charge is 0.497 e. The van der Waals surface area contributed by atoms with E-state index in [1.165, 1.54) is 20.0 Å². The normalized spacial score (nSPS) is 15.4. The first kappa shape index (κ1) is 19.5. The number of rotatable bonds is 7. The highest BCUT2D eigenvalue weighted by atomic mass is 35.5. The van der Waals surface area contributed by atoms with E-state index in [1.54, 1.807) is 25.3 Å². The first-order valence-corrected chi connectivity index (χ1v) is 9.50. The van der Waals surface area contributed by atoms with Crippen LogP contribution in [0.1, 0.15) is 34.8 Å². The van der Waals surface area contributed by atoms with Crippen LogP contribution in [-0.2, 0) is 0 Å². The highest BCUT2D eigenvalue weighted by Crippen LogP contribution is 2.28. The summed E-state index contributed by atoms with van der Waals surface area (Å²) in [6.07, 6.45) is 2.36. The number of methoxy groups -OCH3 is 2. The summed E-state index contributed by atoms with van der Waals surface area (Å²) in [7, 11) is 3.20. The molecule has 27 heavy (non-hydrogen) atoms. The van der Waals surface area contributed by atoms with Crippen molar-refractivity contribution in [1.29, 1.82) is 0 Å². The monoisotopic (exact) mass is 388 g/mol. The van der Waals surface area contributed by atoms with Crippen molar-refractivity contribution in [2.75, 3.05) is 33.9 Å². The second-order valence-electron chi connectivity index (χ2n) is 6.59. The molecule has 1 amide bonds. The minimum absolute atomic E-state index is 0.102. The van der Waals surface area contributed by atoms with E-state index in [2.05, 4.69) is 16.3 Å². The van der Waals surface area contributed by atoms with E-state index in [0.29, 0.717) is 22.9 Å². The Hall–Kier alpha value is -2.24. The minimum atomic E-state index is -0.171. The Morgan fingerprint density at radius 3 is 2.63 bits per heavy atom. The molecule has 1 N–H and O–H groups in total. The van der Waals surface area contributed by atoms with Gasteiger partial charge in [-0.15, -0.1) is 0 Å². The van der Waals surface area contributed by atoms with Crippen LogP contribution in [0.15, 0.2) is 42.5 Å². The van der Waals surface area contributed by atoms with Crippen LogP contribution in [0.5, 0.6) is 11.5 Å². The van der Waals surface area contributed by atoms with Crippen molar-refractivity contribution in [2.24, 2.45) is 0 Å². The second kappa shape index (κ2) is 9.11. The summed E-state index contributed by atoms with van der Waals surface area (Å²) in [6, 6.07) is 13.2. The van der Waals surface area contributed by atoms with E-state index < -0.39 is 0 Å². The lowest BCUT2D eigenvalue weighted by Crippen LogP contribution is -2.36. The molecule has 1 unspecified atom stereocenters. The molecule has 0 saturated carbocycles. The first-order valence-electron chi connectivity index (χ1n) is 9.12. The van der Waals surface area contributed by atoms with Crippen molar-refractivity contribution in [1.82, 2.24) is 10.2 Å². The molecule has 0 radical (unpaired) electrons. The molecule has 0 spiro atoms. The zero-order chi connectivity index (χ0) is 19.2. The predicted octanol–water partition coefficient (Wildman–Crippen LogP) is 3.92. The number of hydrogen-bond donors (Lipinski definition) is 1. The lowest BCUT2D eigenvalue weighted by Gasteiger charge is -2.28. The summed E-state index contributed by atoms with van der Waals surface area (Å²) in [5.74, 6) is 1.12. The maximum atomic E-state index is 12.7. The lowest BCUT2D eigenvalue weighted by molar-refractivity contribution is 0.0935. The molecule has 144 valence electrons. The number of hydrogen-bond acceptors (Lipinski definition) is 4. The topological polar surface area (TPSA) is 50.8 Å². The number of benzene rings is 2. The Labute approximate surface area is 165 Å². The van der Waals surface area contributed by atoms with Gasteiger partial charge >= 0.3 is 0 Å².